The van der Waals surface area contributed by atoms with Crippen LogP contribution in [-0.2, 0) is 28.9 Å². The largest absolute Gasteiger partial charge is 0.397 e. The van der Waals surface area contributed by atoms with Gasteiger partial charge in [0.25, 0.3) is 0 Å². The predicted octanol–water partition coefficient (Wildman–Crippen LogP) is 20.3. The van der Waals surface area contributed by atoms with E-state index in [0.717, 1.165) is 38.5 Å². The topological polar surface area (TPSA) is 192 Å². The van der Waals surface area contributed by atoms with Crippen LogP contribution in [0.15, 0.2) is 24.3 Å². The molecule has 7 unspecified atom stereocenters. The Hall–Kier alpha value is -1.42. The zero-order valence-corrected chi connectivity index (χ0v) is 57.7. The molecular weight excluding hydrogens is 1110 g/mol. The molecule has 13 heteroatoms. The maximum absolute atomic E-state index is 13.2. The first-order valence-corrected chi connectivity index (χ1v) is 39.1. The van der Waals surface area contributed by atoms with E-state index < -0.39 is 59.9 Å². The number of allylic oxidation sites excluding steroid dienone is 3. The van der Waals surface area contributed by atoms with Gasteiger partial charge in [-0.25, -0.2) is 4.18 Å². The van der Waals surface area contributed by atoms with Gasteiger partial charge in [-0.1, -0.05) is 359 Å². The van der Waals surface area contributed by atoms with E-state index in [1.165, 1.54) is 321 Å². The molecule has 0 aromatic heterocycles. The smallest absolute Gasteiger partial charge is 0.394 e. The lowest BCUT2D eigenvalue weighted by Crippen LogP contribution is -2.61. The molecule has 0 aromatic carbocycles. The number of hydrogen-bond donors (Lipinski definition) is 6. The summed E-state index contributed by atoms with van der Waals surface area (Å²) in [5.41, 5.74) is 0. The SMILES string of the molecule is CCCCCCCCCCCCCCCCCC/C=C\CCCCCCCCCCCCCCCCCCCC(=O)NC(COC1OC(CO)C(O)C(OS(=O)(=O)O)C1O)C(O)/C=C/CCCCCCCCCCCCCCCCCCCCCCC. The zero-order valence-electron chi connectivity index (χ0n) is 56.9. The Morgan fingerprint density at radius 1 is 0.448 bits per heavy atom. The van der Waals surface area contributed by atoms with E-state index in [4.69, 9.17) is 9.47 Å². The molecule has 0 saturated carbocycles. The van der Waals surface area contributed by atoms with Crippen molar-refractivity contribution in [1.82, 2.24) is 5.32 Å². The van der Waals surface area contributed by atoms with Crippen molar-refractivity contribution < 1.29 is 51.8 Å². The number of aliphatic hydroxyl groups is 4. The summed E-state index contributed by atoms with van der Waals surface area (Å²) in [6, 6.07) is -0.944. The van der Waals surface area contributed by atoms with Gasteiger partial charge in [-0.15, -0.1) is 0 Å². The molecule has 87 heavy (non-hydrogen) atoms. The molecule has 0 aromatic rings. The standard InChI is InChI=1S/C74H143NO11S/c1-3-5-7-9-11-13-15-17-19-21-23-25-27-28-29-30-31-32-33-34-35-36-37-38-39-40-42-44-46-48-50-52-54-56-58-60-62-64-70(78)75-67(66-84-74-72(80)73(86-87(81,82)83)71(79)69(65-76)85-74)68(77)63-61-59-57-55-53-51-49-47-45-43-41-26-24-22-20-18-16-14-12-10-8-6-4-2/h32-33,61,63,67-69,71-74,76-77,79-80H,3-31,34-60,62,64-66H2,1-2H3,(H,75,78)(H,81,82,83)/b33-32-,63-61+. The molecule has 6 N–H and O–H groups in total. The first-order chi connectivity index (χ1) is 42.5. The van der Waals surface area contributed by atoms with E-state index in [1.54, 1.807) is 6.08 Å². The minimum absolute atomic E-state index is 0.254. The summed E-state index contributed by atoms with van der Waals surface area (Å²) in [7, 11) is -5.09. The van der Waals surface area contributed by atoms with Crippen LogP contribution in [0, 0.1) is 0 Å². The van der Waals surface area contributed by atoms with Crippen LogP contribution in [-0.4, -0.2) is 95.4 Å². The lowest BCUT2D eigenvalue weighted by molar-refractivity contribution is -0.298. The zero-order chi connectivity index (χ0) is 63.2. The molecule has 1 saturated heterocycles. The Bertz CT molecular complexity index is 1620. The molecule has 1 rings (SSSR count). The van der Waals surface area contributed by atoms with E-state index >= 15 is 0 Å². The Morgan fingerprint density at radius 3 is 1.03 bits per heavy atom. The molecular formula is C74H143NO11S. The average molecular weight is 1260 g/mol. The quantitative estimate of drug-likeness (QED) is 0.0193. The second-order valence-corrected chi connectivity index (χ2v) is 27.6. The number of carbonyl (C=O) groups excluding carboxylic acids is 1. The maximum Gasteiger partial charge on any atom is 0.397 e. The number of unbranched alkanes of at least 4 members (excludes halogenated alkanes) is 54. The molecule has 1 heterocycles. The average Bonchev–Trinajstić information content (AvgIpc) is 2.70. The fraction of sp³-hybridized carbons (Fsp3) is 0.932. The number of nitrogens with one attached hydrogen (secondary N) is 1. The molecule has 516 valence electrons. The van der Waals surface area contributed by atoms with Crippen LogP contribution in [0.1, 0.15) is 386 Å². The van der Waals surface area contributed by atoms with Gasteiger partial charge in [0, 0.05) is 6.42 Å². The monoisotopic (exact) mass is 1250 g/mol. The summed E-state index contributed by atoms with van der Waals surface area (Å²) in [6.07, 6.45) is 74.2. The fourth-order valence-corrected chi connectivity index (χ4v) is 13.0. The van der Waals surface area contributed by atoms with Crippen molar-refractivity contribution in [3.63, 3.8) is 0 Å². The summed E-state index contributed by atoms with van der Waals surface area (Å²) >= 11 is 0. The first kappa shape index (κ1) is 83.6. The summed E-state index contributed by atoms with van der Waals surface area (Å²) in [4.78, 5) is 13.2. The molecule has 0 radical (unpaired) electrons. The van der Waals surface area contributed by atoms with Crippen LogP contribution in [0.3, 0.4) is 0 Å². The number of ether oxygens (including phenoxy) is 2. The number of amides is 1. The van der Waals surface area contributed by atoms with Gasteiger partial charge in [-0.05, 0) is 44.9 Å². The molecule has 0 spiro atoms. The third-order valence-electron chi connectivity index (χ3n) is 18.2. The van der Waals surface area contributed by atoms with Crippen molar-refractivity contribution >= 4 is 16.3 Å². The van der Waals surface area contributed by atoms with Gasteiger partial charge in [0.1, 0.15) is 24.4 Å². The third kappa shape index (κ3) is 54.8. The molecule has 0 bridgehead atoms. The Labute approximate surface area is 537 Å². The molecule has 1 fully saturated rings. The van der Waals surface area contributed by atoms with Crippen LogP contribution < -0.4 is 5.32 Å². The molecule has 1 amide bonds. The molecule has 12 nitrogen and oxygen atoms in total. The summed E-state index contributed by atoms with van der Waals surface area (Å²) in [6.45, 7) is 3.47. The van der Waals surface area contributed by atoms with Crippen molar-refractivity contribution in [1.29, 1.82) is 0 Å². The third-order valence-corrected chi connectivity index (χ3v) is 18.7. The highest BCUT2D eigenvalue weighted by atomic mass is 32.3. The highest BCUT2D eigenvalue weighted by Gasteiger charge is 2.48. The number of hydrogen-bond acceptors (Lipinski definition) is 10. The van der Waals surface area contributed by atoms with Gasteiger partial charge in [-0.3, -0.25) is 9.35 Å². The minimum atomic E-state index is -5.09. The maximum atomic E-state index is 13.2. The van der Waals surface area contributed by atoms with Crippen molar-refractivity contribution in [3.05, 3.63) is 24.3 Å². The van der Waals surface area contributed by atoms with Gasteiger partial charge < -0.3 is 35.2 Å². The molecule has 0 aliphatic carbocycles. The van der Waals surface area contributed by atoms with Crippen LogP contribution in [0.2, 0.25) is 0 Å². The fourth-order valence-electron chi connectivity index (χ4n) is 12.5. The van der Waals surface area contributed by atoms with Gasteiger partial charge in [0.15, 0.2) is 6.29 Å². The van der Waals surface area contributed by atoms with Crippen LogP contribution in [0.25, 0.3) is 0 Å². The van der Waals surface area contributed by atoms with Gasteiger partial charge in [-0.2, -0.15) is 8.42 Å². The Morgan fingerprint density at radius 2 is 0.736 bits per heavy atom. The van der Waals surface area contributed by atoms with Gasteiger partial charge in [0.2, 0.25) is 5.91 Å². The summed E-state index contributed by atoms with van der Waals surface area (Å²) in [5.74, 6) is -0.254. The number of carbonyl (C=O) groups is 1. The molecule has 1 aliphatic heterocycles. The second kappa shape index (κ2) is 63.3. The van der Waals surface area contributed by atoms with E-state index in [1.807, 2.05) is 6.08 Å². The number of rotatable bonds is 68. The van der Waals surface area contributed by atoms with Gasteiger partial charge >= 0.3 is 10.4 Å². The van der Waals surface area contributed by atoms with E-state index in [2.05, 4.69) is 35.5 Å². The first-order valence-electron chi connectivity index (χ1n) is 37.7. The van der Waals surface area contributed by atoms with Crippen molar-refractivity contribution in [2.75, 3.05) is 13.2 Å². The van der Waals surface area contributed by atoms with E-state index in [-0.39, 0.29) is 18.9 Å². The highest BCUT2D eigenvalue weighted by molar-refractivity contribution is 7.80. The van der Waals surface area contributed by atoms with Crippen LogP contribution >= 0.6 is 0 Å². The summed E-state index contributed by atoms with van der Waals surface area (Å²) in [5, 5.41) is 45.2. The highest BCUT2D eigenvalue weighted by Crippen LogP contribution is 2.27. The molecule has 7 atom stereocenters. The van der Waals surface area contributed by atoms with E-state index in [9.17, 15) is 38.2 Å². The van der Waals surface area contributed by atoms with Gasteiger partial charge in [0.05, 0.1) is 25.4 Å². The normalized spacial score (nSPS) is 18.2. The number of aliphatic hydroxyl groups excluding tert-OH is 4. The Balaban J connectivity index is 2.18. The minimum Gasteiger partial charge on any atom is -0.394 e. The van der Waals surface area contributed by atoms with Crippen LogP contribution in [0.5, 0.6) is 0 Å². The predicted molar refractivity (Wildman–Crippen MR) is 365 cm³/mol. The lowest BCUT2D eigenvalue weighted by Gasteiger charge is -2.41. The second-order valence-electron chi connectivity index (χ2n) is 26.6. The van der Waals surface area contributed by atoms with E-state index in [0.29, 0.717) is 6.42 Å². The lowest BCUT2D eigenvalue weighted by atomic mass is 9.99. The Kier molecular flexibility index (Phi) is 60.9. The van der Waals surface area contributed by atoms with Crippen molar-refractivity contribution in [2.45, 2.75) is 429 Å². The molecule has 1 aliphatic rings. The summed E-state index contributed by atoms with van der Waals surface area (Å²) < 4.78 is 48.1. The van der Waals surface area contributed by atoms with Crippen molar-refractivity contribution in [2.24, 2.45) is 0 Å². The van der Waals surface area contributed by atoms with Crippen molar-refractivity contribution in [3.8, 4) is 0 Å². The van der Waals surface area contributed by atoms with Crippen LogP contribution in [0.4, 0.5) is 0 Å².